The van der Waals surface area contributed by atoms with Crippen molar-refractivity contribution in [1.29, 1.82) is 0 Å². The van der Waals surface area contributed by atoms with Gasteiger partial charge in [0.2, 0.25) is 5.91 Å². The largest absolute Gasteiger partial charge is 0.467 e. The lowest BCUT2D eigenvalue weighted by molar-refractivity contribution is -0.123. The molecule has 2 rings (SSSR count). The monoisotopic (exact) mass is 294 g/mol. The quantitative estimate of drug-likeness (QED) is 0.806. The molecule has 0 radical (unpaired) electrons. The van der Waals surface area contributed by atoms with Gasteiger partial charge in [0, 0.05) is 12.6 Å². The third-order valence-corrected chi connectivity index (χ3v) is 3.98. The average molecular weight is 294 g/mol. The maximum atomic E-state index is 12.1. The molecule has 1 amide bonds. The van der Waals surface area contributed by atoms with Gasteiger partial charge in [0.05, 0.1) is 25.5 Å². The summed E-state index contributed by atoms with van der Waals surface area (Å²) in [5, 5.41) is 12.5. The summed E-state index contributed by atoms with van der Waals surface area (Å²) in [6, 6.07) is 4.07. The number of hydrogen-bond donors (Lipinski definition) is 2. The fraction of sp³-hybridized carbons (Fsp3) is 0.688. The molecule has 0 unspecified atom stereocenters. The Balaban J connectivity index is 1.83. The van der Waals surface area contributed by atoms with E-state index in [1.807, 2.05) is 12.1 Å². The molecule has 118 valence electrons. The Morgan fingerprint density at radius 2 is 2.24 bits per heavy atom. The van der Waals surface area contributed by atoms with Crippen molar-refractivity contribution in [2.75, 3.05) is 13.1 Å². The second kappa shape index (κ2) is 8.20. The van der Waals surface area contributed by atoms with Gasteiger partial charge in [-0.15, -0.1) is 0 Å². The van der Waals surface area contributed by atoms with Gasteiger partial charge < -0.3 is 14.8 Å². The second-order valence-corrected chi connectivity index (χ2v) is 5.93. The van der Waals surface area contributed by atoms with Crippen molar-refractivity contribution in [2.24, 2.45) is 0 Å². The Morgan fingerprint density at radius 1 is 1.48 bits per heavy atom. The predicted octanol–water partition coefficient (Wildman–Crippen LogP) is 1.91. The lowest BCUT2D eigenvalue weighted by Crippen LogP contribution is -2.46. The summed E-state index contributed by atoms with van der Waals surface area (Å²) < 4.78 is 5.20. The van der Waals surface area contributed by atoms with Crippen LogP contribution in [0.25, 0.3) is 0 Å². The average Bonchev–Trinajstić information content (AvgIpc) is 2.98. The Morgan fingerprint density at radius 3 is 2.86 bits per heavy atom. The van der Waals surface area contributed by atoms with Crippen LogP contribution in [0.4, 0.5) is 0 Å². The van der Waals surface area contributed by atoms with Gasteiger partial charge in [0.1, 0.15) is 5.76 Å². The highest BCUT2D eigenvalue weighted by atomic mass is 16.3. The molecule has 5 nitrogen and oxygen atoms in total. The molecule has 1 aliphatic rings. The second-order valence-electron chi connectivity index (χ2n) is 5.93. The predicted molar refractivity (Wildman–Crippen MR) is 80.7 cm³/mol. The van der Waals surface area contributed by atoms with Gasteiger partial charge in [0.25, 0.3) is 0 Å². The van der Waals surface area contributed by atoms with E-state index in [0.29, 0.717) is 25.7 Å². The Bertz CT molecular complexity index is 411. The number of rotatable bonds is 7. The summed E-state index contributed by atoms with van der Waals surface area (Å²) in [5.41, 5.74) is 0. The topological polar surface area (TPSA) is 65.7 Å². The molecular weight excluding hydrogens is 268 g/mol. The van der Waals surface area contributed by atoms with Gasteiger partial charge in [-0.3, -0.25) is 9.69 Å². The van der Waals surface area contributed by atoms with Gasteiger partial charge >= 0.3 is 0 Å². The van der Waals surface area contributed by atoms with Gasteiger partial charge in [-0.2, -0.15) is 0 Å². The summed E-state index contributed by atoms with van der Waals surface area (Å²) in [6.45, 7) is 3.09. The van der Waals surface area contributed by atoms with Gasteiger partial charge in [-0.05, 0) is 31.9 Å². The SMILES string of the molecule is C[C@H](O)CN(CC(=O)NCc1ccco1)C1CCCCC1. The zero-order valence-corrected chi connectivity index (χ0v) is 12.8. The molecule has 1 atom stereocenters. The van der Waals surface area contributed by atoms with Crippen molar-refractivity contribution in [1.82, 2.24) is 10.2 Å². The van der Waals surface area contributed by atoms with Gasteiger partial charge in [-0.1, -0.05) is 19.3 Å². The molecule has 0 spiro atoms. The van der Waals surface area contributed by atoms with Crippen LogP contribution in [-0.4, -0.2) is 41.1 Å². The van der Waals surface area contributed by atoms with E-state index in [1.54, 1.807) is 13.2 Å². The fourth-order valence-electron chi connectivity index (χ4n) is 2.97. The highest BCUT2D eigenvalue weighted by molar-refractivity contribution is 5.78. The summed E-state index contributed by atoms with van der Waals surface area (Å²) >= 11 is 0. The van der Waals surface area contributed by atoms with E-state index in [1.165, 1.54) is 19.3 Å². The molecule has 1 aromatic heterocycles. The Kier molecular flexibility index (Phi) is 6.26. The molecule has 1 aromatic rings. The smallest absolute Gasteiger partial charge is 0.234 e. The molecule has 1 saturated carbocycles. The molecule has 21 heavy (non-hydrogen) atoms. The molecule has 5 heteroatoms. The van der Waals surface area contributed by atoms with E-state index in [9.17, 15) is 9.90 Å². The zero-order valence-electron chi connectivity index (χ0n) is 12.8. The number of carbonyl (C=O) groups excluding carboxylic acids is 1. The van der Waals surface area contributed by atoms with Crippen molar-refractivity contribution in [2.45, 2.75) is 57.7 Å². The van der Waals surface area contributed by atoms with Gasteiger partial charge in [-0.25, -0.2) is 0 Å². The molecule has 1 aliphatic carbocycles. The molecule has 2 N–H and O–H groups in total. The first kappa shape index (κ1) is 16.0. The van der Waals surface area contributed by atoms with E-state index < -0.39 is 6.10 Å². The van der Waals surface area contributed by atoms with Crippen LogP contribution in [0.1, 0.15) is 44.8 Å². The van der Waals surface area contributed by atoms with Crippen molar-refractivity contribution < 1.29 is 14.3 Å². The van der Waals surface area contributed by atoms with Crippen LogP contribution in [0.5, 0.6) is 0 Å². The van der Waals surface area contributed by atoms with Crippen LogP contribution in [0.2, 0.25) is 0 Å². The molecule has 0 bridgehead atoms. The number of aliphatic hydroxyl groups is 1. The van der Waals surface area contributed by atoms with Crippen LogP contribution in [0.3, 0.4) is 0 Å². The zero-order chi connectivity index (χ0) is 15.1. The fourth-order valence-corrected chi connectivity index (χ4v) is 2.97. The number of carbonyl (C=O) groups is 1. The summed E-state index contributed by atoms with van der Waals surface area (Å²) in [6.07, 6.45) is 7.15. The third-order valence-electron chi connectivity index (χ3n) is 3.98. The number of hydrogen-bond acceptors (Lipinski definition) is 4. The standard InChI is InChI=1S/C16H26N2O3/c1-13(19)11-18(14-6-3-2-4-7-14)12-16(20)17-10-15-8-5-9-21-15/h5,8-9,13-14,19H,2-4,6-7,10-12H2,1H3,(H,17,20)/t13-/m0/s1. The van der Waals surface area contributed by atoms with Crippen molar-refractivity contribution in [3.8, 4) is 0 Å². The van der Waals surface area contributed by atoms with Crippen molar-refractivity contribution in [3.05, 3.63) is 24.2 Å². The van der Waals surface area contributed by atoms with Crippen LogP contribution < -0.4 is 5.32 Å². The van der Waals surface area contributed by atoms with E-state index in [2.05, 4.69) is 10.2 Å². The summed E-state index contributed by atoms with van der Waals surface area (Å²) in [7, 11) is 0. The number of furan rings is 1. The Labute approximate surface area is 126 Å². The first-order valence-electron chi connectivity index (χ1n) is 7.86. The number of nitrogens with zero attached hydrogens (tertiary/aromatic N) is 1. The van der Waals surface area contributed by atoms with Crippen molar-refractivity contribution in [3.63, 3.8) is 0 Å². The molecular formula is C16H26N2O3. The number of aliphatic hydroxyl groups excluding tert-OH is 1. The van der Waals surface area contributed by atoms with E-state index in [0.717, 1.165) is 18.6 Å². The van der Waals surface area contributed by atoms with E-state index in [4.69, 9.17) is 4.42 Å². The normalized spacial score (nSPS) is 17.9. The molecule has 1 fully saturated rings. The third kappa shape index (κ3) is 5.52. The summed E-state index contributed by atoms with van der Waals surface area (Å²) in [4.78, 5) is 14.2. The molecule has 1 heterocycles. The number of nitrogens with one attached hydrogen (secondary N) is 1. The van der Waals surface area contributed by atoms with Crippen LogP contribution >= 0.6 is 0 Å². The minimum atomic E-state index is -0.412. The van der Waals surface area contributed by atoms with Crippen LogP contribution in [0, 0.1) is 0 Å². The number of amides is 1. The Hall–Kier alpha value is -1.33. The molecule has 0 aliphatic heterocycles. The molecule has 0 aromatic carbocycles. The first-order chi connectivity index (χ1) is 10.1. The van der Waals surface area contributed by atoms with Crippen LogP contribution in [-0.2, 0) is 11.3 Å². The maximum Gasteiger partial charge on any atom is 0.234 e. The van der Waals surface area contributed by atoms with E-state index in [-0.39, 0.29) is 5.91 Å². The highest BCUT2D eigenvalue weighted by Crippen LogP contribution is 2.22. The first-order valence-corrected chi connectivity index (χ1v) is 7.86. The van der Waals surface area contributed by atoms with E-state index >= 15 is 0 Å². The van der Waals surface area contributed by atoms with Crippen LogP contribution in [0.15, 0.2) is 22.8 Å². The summed E-state index contributed by atoms with van der Waals surface area (Å²) in [5.74, 6) is 0.737. The van der Waals surface area contributed by atoms with Crippen molar-refractivity contribution >= 4 is 5.91 Å². The minimum absolute atomic E-state index is 0.0161. The minimum Gasteiger partial charge on any atom is -0.467 e. The highest BCUT2D eigenvalue weighted by Gasteiger charge is 2.24. The maximum absolute atomic E-state index is 12.1. The lowest BCUT2D eigenvalue weighted by Gasteiger charge is -2.34. The van der Waals surface area contributed by atoms with Gasteiger partial charge in [0.15, 0.2) is 0 Å². The lowest BCUT2D eigenvalue weighted by atomic mass is 9.94. The molecule has 0 saturated heterocycles.